The van der Waals surface area contributed by atoms with E-state index in [4.69, 9.17) is 23.2 Å². The molecular formula is C15H18Cl2N2O3. The number of piperazine rings is 1. The zero-order valence-electron chi connectivity index (χ0n) is 12.4. The van der Waals surface area contributed by atoms with E-state index in [1.807, 2.05) is 0 Å². The molecule has 1 heterocycles. The van der Waals surface area contributed by atoms with Gasteiger partial charge in [0.1, 0.15) is 5.54 Å². The Hall–Kier alpha value is -1.30. The molecule has 0 aromatic heterocycles. The number of hydrogen-bond acceptors (Lipinski definition) is 3. The number of hydrogen-bond donors (Lipinski definition) is 2. The molecule has 120 valence electrons. The summed E-state index contributed by atoms with van der Waals surface area (Å²) in [5.74, 6) is -0.490. The lowest BCUT2D eigenvalue weighted by Crippen LogP contribution is -2.63. The first-order valence-corrected chi connectivity index (χ1v) is 7.70. The molecular weight excluding hydrogens is 327 g/mol. The second-order valence-electron chi connectivity index (χ2n) is 5.78. The normalized spacial score (nSPS) is 18.8. The molecule has 0 radical (unpaired) electrons. The van der Waals surface area contributed by atoms with Crippen molar-refractivity contribution in [3.63, 3.8) is 0 Å². The molecule has 2 amide bonds. The molecule has 1 unspecified atom stereocenters. The van der Waals surface area contributed by atoms with Gasteiger partial charge in [0.25, 0.3) is 0 Å². The van der Waals surface area contributed by atoms with E-state index in [2.05, 4.69) is 5.32 Å². The maximum atomic E-state index is 12.4. The molecule has 1 atom stereocenters. The summed E-state index contributed by atoms with van der Waals surface area (Å²) in [6.07, 6.45) is -1.16. The highest BCUT2D eigenvalue weighted by atomic mass is 35.5. The molecule has 1 aliphatic rings. The Morgan fingerprint density at radius 3 is 2.55 bits per heavy atom. The van der Waals surface area contributed by atoms with Crippen molar-refractivity contribution in [1.29, 1.82) is 0 Å². The van der Waals surface area contributed by atoms with E-state index in [1.54, 1.807) is 32.0 Å². The van der Waals surface area contributed by atoms with E-state index in [0.29, 0.717) is 28.7 Å². The van der Waals surface area contributed by atoms with Crippen molar-refractivity contribution in [1.82, 2.24) is 10.2 Å². The van der Waals surface area contributed by atoms with E-state index >= 15 is 0 Å². The predicted molar refractivity (Wildman–Crippen MR) is 84.8 cm³/mol. The maximum Gasteiger partial charge on any atom is 0.245 e. The summed E-state index contributed by atoms with van der Waals surface area (Å²) in [6, 6.07) is 4.69. The Labute approximate surface area is 139 Å². The van der Waals surface area contributed by atoms with Gasteiger partial charge in [-0.25, -0.2) is 0 Å². The quantitative estimate of drug-likeness (QED) is 0.882. The second-order valence-corrected chi connectivity index (χ2v) is 6.66. The van der Waals surface area contributed by atoms with E-state index in [9.17, 15) is 14.7 Å². The third-order valence-corrected chi connectivity index (χ3v) is 4.23. The molecule has 1 aromatic rings. The first-order valence-electron chi connectivity index (χ1n) is 6.94. The predicted octanol–water partition coefficient (Wildman–Crippen LogP) is 2.15. The fourth-order valence-corrected chi connectivity index (χ4v) is 3.04. The van der Waals surface area contributed by atoms with Crippen LogP contribution in [-0.2, 0) is 9.59 Å². The van der Waals surface area contributed by atoms with Crippen LogP contribution in [0.1, 0.15) is 31.9 Å². The van der Waals surface area contributed by atoms with Crippen molar-refractivity contribution >= 4 is 35.0 Å². The van der Waals surface area contributed by atoms with Gasteiger partial charge in [-0.05, 0) is 37.6 Å². The second kappa shape index (κ2) is 6.44. The summed E-state index contributed by atoms with van der Waals surface area (Å²) in [5.41, 5.74) is -0.453. The van der Waals surface area contributed by atoms with Crippen LogP contribution >= 0.6 is 23.2 Å². The number of amides is 2. The zero-order valence-corrected chi connectivity index (χ0v) is 13.9. The monoisotopic (exact) mass is 344 g/mol. The third-order valence-electron chi connectivity index (χ3n) is 3.79. The number of carbonyl (C=O) groups is 2. The van der Waals surface area contributed by atoms with Crippen LogP contribution in [0, 0.1) is 0 Å². The van der Waals surface area contributed by atoms with Gasteiger partial charge in [-0.3, -0.25) is 9.59 Å². The van der Waals surface area contributed by atoms with E-state index in [1.165, 1.54) is 4.90 Å². The molecule has 1 saturated heterocycles. The van der Waals surface area contributed by atoms with Crippen LogP contribution in [0.2, 0.25) is 10.0 Å². The Balaban J connectivity index is 2.12. The standard InChI is InChI=1S/C15H18Cl2N2O3/c1-15(2)14(22)18-3-4-19(15)13(21)8-12(20)9-5-10(16)7-11(17)6-9/h5-7,12,20H,3-4,8H2,1-2H3,(H,18,22). The first-order chi connectivity index (χ1) is 10.2. The van der Waals surface area contributed by atoms with Gasteiger partial charge < -0.3 is 15.3 Å². The molecule has 22 heavy (non-hydrogen) atoms. The number of rotatable bonds is 3. The average Bonchev–Trinajstić information content (AvgIpc) is 2.40. The molecule has 2 N–H and O–H groups in total. The van der Waals surface area contributed by atoms with Gasteiger partial charge in [-0.2, -0.15) is 0 Å². The van der Waals surface area contributed by atoms with Crippen LogP contribution in [0.15, 0.2) is 18.2 Å². The number of aliphatic hydroxyl groups excluding tert-OH is 1. The number of carbonyl (C=O) groups excluding carboxylic acids is 2. The van der Waals surface area contributed by atoms with Gasteiger partial charge >= 0.3 is 0 Å². The lowest BCUT2D eigenvalue weighted by Gasteiger charge is -2.41. The number of nitrogens with zero attached hydrogens (tertiary/aromatic N) is 1. The lowest BCUT2D eigenvalue weighted by atomic mass is 9.97. The third kappa shape index (κ3) is 3.54. The fraction of sp³-hybridized carbons (Fsp3) is 0.467. The minimum atomic E-state index is -1.02. The van der Waals surface area contributed by atoms with Gasteiger partial charge in [-0.15, -0.1) is 0 Å². The van der Waals surface area contributed by atoms with Gasteiger partial charge in [0, 0.05) is 23.1 Å². The van der Waals surface area contributed by atoms with Crippen LogP contribution in [0.3, 0.4) is 0 Å². The Kier molecular flexibility index (Phi) is 5.00. The van der Waals surface area contributed by atoms with Crippen molar-refractivity contribution in [2.24, 2.45) is 0 Å². The van der Waals surface area contributed by atoms with Crippen LogP contribution in [0.4, 0.5) is 0 Å². The van der Waals surface area contributed by atoms with Crippen molar-refractivity contribution in [2.75, 3.05) is 13.1 Å². The van der Waals surface area contributed by atoms with Crippen molar-refractivity contribution in [3.05, 3.63) is 33.8 Å². The summed E-state index contributed by atoms with van der Waals surface area (Å²) in [6.45, 7) is 4.19. The number of halogens is 2. The summed E-state index contributed by atoms with van der Waals surface area (Å²) >= 11 is 11.8. The minimum Gasteiger partial charge on any atom is -0.388 e. The zero-order chi connectivity index (χ0) is 16.5. The highest BCUT2D eigenvalue weighted by Crippen LogP contribution is 2.27. The van der Waals surface area contributed by atoms with Gasteiger partial charge in [0.05, 0.1) is 12.5 Å². The average molecular weight is 345 g/mol. The summed E-state index contributed by atoms with van der Waals surface area (Å²) in [4.78, 5) is 25.8. The fourth-order valence-electron chi connectivity index (χ4n) is 2.50. The number of aliphatic hydroxyl groups is 1. The molecule has 2 rings (SSSR count). The van der Waals surface area contributed by atoms with Crippen LogP contribution in [-0.4, -0.2) is 40.4 Å². The van der Waals surface area contributed by atoms with E-state index < -0.39 is 11.6 Å². The summed E-state index contributed by atoms with van der Waals surface area (Å²) < 4.78 is 0. The molecule has 7 heteroatoms. The molecule has 5 nitrogen and oxygen atoms in total. The highest BCUT2D eigenvalue weighted by molar-refractivity contribution is 6.34. The topological polar surface area (TPSA) is 69.6 Å². The molecule has 0 aliphatic carbocycles. The molecule has 0 saturated carbocycles. The highest BCUT2D eigenvalue weighted by Gasteiger charge is 2.40. The largest absolute Gasteiger partial charge is 0.388 e. The SMILES string of the molecule is CC1(C)C(=O)NCCN1C(=O)CC(O)c1cc(Cl)cc(Cl)c1. The molecule has 1 aromatic carbocycles. The Morgan fingerprint density at radius 1 is 1.36 bits per heavy atom. The molecule has 1 fully saturated rings. The minimum absolute atomic E-state index is 0.132. The van der Waals surface area contributed by atoms with Crippen molar-refractivity contribution < 1.29 is 14.7 Å². The van der Waals surface area contributed by atoms with Crippen LogP contribution < -0.4 is 5.32 Å². The summed E-state index contributed by atoms with van der Waals surface area (Å²) in [7, 11) is 0. The van der Waals surface area contributed by atoms with Gasteiger partial charge in [0.15, 0.2) is 0 Å². The Morgan fingerprint density at radius 2 is 1.95 bits per heavy atom. The van der Waals surface area contributed by atoms with Gasteiger partial charge in [-0.1, -0.05) is 23.2 Å². The number of nitrogens with one attached hydrogen (secondary N) is 1. The van der Waals surface area contributed by atoms with E-state index in [-0.39, 0.29) is 18.2 Å². The van der Waals surface area contributed by atoms with Crippen molar-refractivity contribution in [3.8, 4) is 0 Å². The van der Waals surface area contributed by atoms with E-state index in [0.717, 1.165) is 0 Å². The maximum absolute atomic E-state index is 12.4. The lowest BCUT2D eigenvalue weighted by molar-refractivity contribution is -0.150. The first kappa shape index (κ1) is 17.1. The molecule has 0 bridgehead atoms. The van der Waals surface area contributed by atoms with Gasteiger partial charge in [0.2, 0.25) is 11.8 Å². The Bertz CT molecular complexity index is 584. The smallest absolute Gasteiger partial charge is 0.245 e. The van der Waals surface area contributed by atoms with Crippen LogP contribution in [0.25, 0.3) is 0 Å². The number of benzene rings is 1. The van der Waals surface area contributed by atoms with Crippen LogP contribution in [0.5, 0.6) is 0 Å². The molecule has 1 aliphatic heterocycles. The van der Waals surface area contributed by atoms with Crippen molar-refractivity contribution in [2.45, 2.75) is 31.9 Å². The summed E-state index contributed by atoms with van der Waals surface area (Å²) in [5, 5.41) is 13.8. The molecule has 0 spiro atoms.